The molecule has 130 valence electrons. The number of thioether (sulfide) groups is 1. The van der Waals surface area contributed by atoms with Crippen LogP contribution in [-0.4, -0.2) is 44.7 Å². The Kier molecular flexibility index (Phi) is 4.74. The summed E-state index contributed by atoms with van der Waals surface area (Å²) in [5, 5.41) is 9.20. The molecule has 0 spiro atoms. The molecule has 6 nitrogen and oxygen atoms in total. The summed E-state index contributed by atoms with van der Waals surface area (Å²) in [6.07, 6.45) is 0. The minimum absolute atomic E-state index is 0.140. The number of carboxylic acids is 1. The predicted octanol–water partition coefficient (Wildman–Crippen LogP) is 2.86. The van der Waals surface area contributed by atoms with Crippen molar-refractivity contribution in [1.29, 1.82) is 0 Å². The molecule has 0 aliphatic carbocycles. The summed E-state index contributed by atoms with van der Waals surface area (Å²) in [6.45, 7) is 3.70. The summed E-state index contributed by atoms with van der Waals surface area (Å²) in [6, 6.07) is 4.33. The Morgan fingerprint density at radius 1 is 1.36 bits per heavy atom. The number of nitrogens with zero attached hydrogens (tertiary/aromatic N) is 2. The zero-order valence-corrected chi connectivity index (χ0v) is 16.5. The monoisotopic (exact) mass is 440 g/mol. The number of benzene rings is 1. The standard InChI is InChI=1S/C16H13BrN2O4S2/c1-3-18-10-5-4-8(17)6-9(10)11(13(18)20)12-14(21)19(16(24)25-12)7(2)15(22)23/h4-7H,3H2,1-2H3,(H,22,23). The maximum absolute atomic E-state index is 12.9. The van der Waals surface area contributed by atoms with Crippen LogP contribution < -0.4 is 4.90 Å². The lowest BCUT2D eigenvalue weighted by atomic mass is 10.1. The quantitative estimate of drug-likeness (QED) is 0.574. The second-order valence-electron chi connectivity index (χ2n) is 5.47. The molecule has 1 unspecified atom stereocenters. The van der Waals surface area contributed by atoms with Crippen molar-refractivity contribution in [3.8, 4) is 0 Å². The normalized spacial score (nSPS) is 21.2. The second-order valence-corrected chi connectivity index (χ2v) is 8.03. The third kappa shape index (κ3) is 2.80. The van der Waals surface area contributed by atoms with Gasteiger partial charge in [0, 0.05) is 16.6 Å². The molecule has 2 aliphatic heterocycles. The fourth-order valence-electron chi connectivity index (χ4n) is 2.81. The number of aliphatic carboxylic acids is 1. The van der Waals surface area contributed by atoms with E-state index >= 15 is 0 Å². The third-order valence-electron chi connectivity index (χ3n) is 4.06. The highest BCUT2D eigenvalue weighted by molar-refractivity contribution is 9.10. The van der Waals surface area contributed by atoms with E-state index in [1.807, 2.05) is 19.1 Å². The minimum atomic E-state index is -1.15. The summed E-state index contributed by atoms with van der Waals surface area (Å²) in [4.78, 5) is 39.7. The fourth-order valence-corrected chi connectivity index (χ4v) is 4.66. The first-order valence-electron chi connectivity index (χ1n) is 7.42. The van der Waals surface area contributed by atoms with E-state index in [1.165, 1.54) is 6.92 Å². The molecule has 3 rings (SSSR count). The van der Waals surface area contributed by atoms with Gasteiger partial charge >= 0.3 is 5.97 Å². The Bertz CT molecular complexity index is 868. The van der Waals surface area contributed by atoms with Crippen molar-refractivity contribution in [2.75, 3.05) is 11.4 Å². The number of anilines is 1. The van der Waals surface area contributed by atoms with Crippen LogP contribution in [0.4, 0.5) is 5.69 Å². The van der Waals surface area contributed by atoms with Crippen LogP contribution in [0.2, 0.25) is 0 Å². The summed E-state index contributed by atoms with van der Waals surface area (Å²) in [5.74, 6) is -1.98. The average molecular weight is 441 g/mol. The van der Waals surface area contributed by atoms with E-state index in [1.54, 1.807) is 11.0 Å². The topological polar surface area (TPSA) is 77.9 Å². The molecule has 1 fully saturated rings. The predicted molar refractivity (Wildman–Crippen MR) is 103 cm³/mol. The lowest BCUT2D eigenvalue weighted by Gasteiger charge is -2.18. The van der Waals surface area contributed by atoms with Gasteiger partial charge in [0.1, 0.15) is 10.4 Å². The Morgan fingerprint density at radius 2 is 2.04 bits per heavy atom. The van der Waals surface area contributed by atoms with E-state index in [4.69, 9.17) is 12.2 Å². The summed E-state index contributed by atoms with van der Waals surface area (Å²) < 4.78 is 0.922. The maximum Gasteiger partial charge on any atom is 0.326 e. The number of hydrogen-bond acceptors (Lipinski definition) is 5. The molecular formula is C16H13BrN2O4S2. The van der Waals surface area contributed by atoms with Crippen molar-refractivity contribution in [1.82, 2.24) is 4.90 Å². The van der Waals surface area contributed by atoms with E-state index in [-0.39, 0.29) is 20.7 Å². The summed E-state index contributed by atoms with van der Waals surface area (Å²) in [5.41, 5.74) is 1.64. The lowest BCUT2D eigenvalue weighted by molar-refractivity contribution is -0.144. The smallest absolute Gasteiger partial charge is 0.326 e. The average Bonchev–Trinajstić information content (AvgIpc) is 2.98. The molecule has 0 aromatic heterocycles. The molecule has 1 N–H and O–H groups in total. The number of carbonyl (C=O) groups excluding carboxylic acids is 2. The Balaban J connectivity index is 2.17. The van der Waals surface area contributed by atoms with Crippen LogP contribution in [0.1, 0.15) is 19.4 Å². The highest BCUT2D eigenvalue weighted by atomic mass is 79.9. The van der Waals surface area contributed by atoms with E-state index in [0.717, 1.165) is 26.8 Å². The minimum Gasteiger partial charge on any atom is -0.480 e. The van der Waals surface area contributed by atoms with Gasteiger partial charge in [-0.05, 0) is 32.0 Å². The van der Waals surface area contributed by atoms with Gasteiger partial charge in [-0.1, -0.05) is 39.9 Å². The van der Waals surface area contributed by atoms with Crippen molar-refractivity contribution in [2.45, 2.75) is 19.9 Å². The Hall–Kier alpha value is -1.71. The van der Waals surface area contributed by atoms with E-state index in [9.17, 15) is 19.5 Å². The zero-order valence-electron chi connectivity index (χ0n) is 13.3. The van der Waals surface area contributed by atoms with Crippen LogP contribution in [0.15, 0.2) is 27.6 Å². The molecule has 1 saturated heterocycles. The van der Waals surface area contributed by atoms with Gasteiger partial charge in [-0.3, -0.25) is 14.5 Å². The molecular weight excluding hydrogens is 428 g/mol. The van der Waals surface area contributed by atoms with Crippen LogP contribution >= 0.6 is 39.9 Å². The van der Waals surface area contributed by atoms with Crippen molar-refractivity contribution in [3.63, 3.8) is 0 Å². The first-order chi connectivity index (χ1) is 11.8. The Morgan fingerprint density at radius 3 is 2.64 bits per heavy atom. The van der Waals surface area contributed by atoms with Crippen LogP contribution in [-0.2, 0) is 14.4 Å². The maximum atomic E-state index is 12.9. The van der Waals surface area contributed by atoms with E-state index in [2.05, 4.69) is 15.9 Å². The van der Waals surface area contributed by atoms with Crippen molar-refractivity contribution >= 4 is 73.3 Å². The number of likely N-dealkylation sites (N-methyl/N-ethyl adjacent to an activating group) is 1. The van der Waals surface area contributed by atoms with Crippen LogP contribution in [0, 0.1) is 0 Å². The van der Waals surface area contributed by atoms with Gasteiger partial charge in [-0.15, -0.1) is 0 Å². The first kappa shape index (κ1) is 18.1. The number of hydrogen-bond donors (Lipinski definition) is 1. The van der Waals surface area contributed by atoms with Gasteiger partial charge in [0.2, 0.25) is 0 Å². The number of fused-ring (bicyclic) bond motifs is 1. The number of carboxylic acid groups (broad SMARTS) is 1. The molecule has 0 bridgehead atoms. The molecule has 9 heteroatoms. The van der Waals surface area contributed by atoms with Gasteiger partial charge in [-0.25, -0.2) is 4.79 Å². The fraction of sp³-hybridized carbons (Fsp3) is 0.250. The van der Waals surface area contributed by atoms with Crippen LogP contribution in [0.3, 0.4) is 0 Å². The van der Waals surface area contributed by atoms with Crippen molar-refractivity contribution in [3.05, 3.63) is 33.1 Å². The molecule has 1 aromatic carbocycles. The highest BCUT2D eigenvalue weighted by Crippen LogP contribution is 2.45. The molecule has 0 saturated carbocycles. The molecule has 25 heavy (non-hydrogen) atoms. The molecule has 2 amide bonds. The number of amides is 2. The van der Waals surface area contributed by atoms with Crippen molar-refractivity contribution in [2.24, 2.45) is 0 Å². The van der Waals surface area contributed by atoms with Crippen molar-refractivity contribution < 1.29 is 19.5 Å². The zero-order chi connectivity index (χ0) is 18.5. The number of halogens is 1. The van der Waals surface area contributed by atoms with Crippen LogP contribution in [0.25, 0.3) is 5.57 Å². The van der Waals surface area contributed by atoms with Gasteiger partial charge in [-0.2, -0.15) is 0 Å². The molecule has 0 radical (unpaired) electrons. The Labute approximate surface area is 162 Å². The SMILES string of the molecule is CCN1C(=O)C(=C2SC(=S)N(C(C)C(=O)O)C2=O)c2cc(Br)ccc21. The molecule has 2 heterocycles. The largest absolute Gasteiger partial charge is 0.480 e. The molecule has 1 aromatic rings. The molecule has 1 atom stereocenters. The summed E-state index contributed by atoms with van der Waals surface area (Å²) in [7, 11) is 0. The van der Waals surface area contributed by atoms with Crippen LogP contribution in [0.5, 0.6) is 0 Å². The highest BCUT2D eigenvalue weighted by Gasteiger charge is 2.44. The third-order valence-corrected chi connectivity index (χ3v) is 5.96. The second kappa shape index (κ2) is 6.54. The van der Waals surface area contributed by atoms with Gasteiger partial charge in [0.25, 0.3) is 11.8 Å². The van der Waals surface area contributed by atoms with Gasteiger partial charge < -0.3 is 10.0 Å². The first-order valence-corrected chi connectivity index (χ1v) is 9.44. The lowest BCUT2D eigenvalue weighted by Crippen LogP contribution is -2.41. The molecule has 2 aliphatic rings. The number of rotatable bonds is 3. The van der Waals surface area contributed by atoms with E-state index < -0.39 is 17.9 Å². The summed E-state index contributed by atoms with van der Waals surface area (Å²) >= 11 is 9.54. The van der Waals surface area contributed by atoms with Gasteiger partial charge in [0.05, 0.1) is 16.2 Å². The number of carbonyl (C=O) groups is 3. The number of thiocarbonyl (C=S) groups is 1. The van der Waals surface area contributed by atoms with E-state index in [0.29, 0.717) is 12.1 Å². The van der Waals surface area contributed by atoms with Gasteiger partial charge in [0.15, 0.2) is 0 Å².